The van der Waals surface area contributed by atoms with E-state index in [-0.39, 0.29) is 5.91 Å². The summed E-state index contributed by atoms with van der Waals surface area (Å²) in [6.07, 6.45) is 2.23. The molecular weight excluding hydrogens is 246 g/mol. The molecular formula is C14H19NO4. The molecule has 2 heterocycles. The number of carbonyl (C=O) groups is 2. The molecule has 0 bridgehead atoms. The second-order valence-electron chi connectivity index (χ2n) is 5.06. The van der Waals surface area contributed by atoms with Gasteiger partial charge in [-0.25, -0.2) is 4.79 Å². The molecule has 1 amide bonds. The summed E-state index contributed by atoms with van der Waals surface area (Å²) in [6.45, 7) is 5.88. The van der Waals surface area contributed by atoms with Gasteiger partial charge in [0.05, 0.1) is 5.56 Å². The van der Waals surface area contributed by atoms with Crippen molar-refractivity contribution in [3.8, 4) is 0 Å². The third-order valence-electron chi connectivity index (χ3n) is 3.82. The normalized spacial score (nSPS) is 19.5. The summed E-state index contributed by atoms with van der Waals surface area (Å²) in [5.74, 6) is 0.127. The summed E-state index contributed by atoms with van der Waals surface area (Å²) in [5.41, 5.74) is 1.32. The Labute approximate surface area is 112 Å². The largest absolute Gasteiger partial charge is 0.480 e. The zero-order valence-electron chi connectivity index (χ0n) is 11.5. The van der Waals surface area contributed by atoms with Crippen LogP contribution in [0.15, 0.2) is 4.42 Å². The molecule has 19 heavy (non-hydrogen) atoms. The molecule has 1 aliphatic heterocycles. The first-order valence-corrected chi connectivity index (χ1v) is 6.54. The van der Waals surface area contributed by atoms with Crippen molar-refractivity contribution in [1.82, 2.24) is 4.90 Å². The summed E-state index contributed by atoms with van der Waals surface area (Å²) in [4.78, 5) is 25.3. The van der Waals surface area contributed by atoms with Gasteiger partial charge in [0.15, 0.2) is 0 Å². The molecule has 1 aromatic heterocycles. The van der Waals surface area contributed by atoms with E-state index in [0.29, 0.717) is 30.0 Å². The van der Waals surface area contributed by atoms with Crippen LogP contribution in [-0.2, 0) is 4.79 Å². The molecule has 5 nitrogen and oxygen atoms in total. The van der Waals surface area contributed by atoms with Crippen LogP contribution in [0.4, 0.5) is 0 Å². The lowest BCUT2D eigenvalue weighted by Crippen LogP contribution is -2.48. The number of amides is 1. The fourth-order valence-corrected chi connectivity index (χ4v) is 2.68. The van der Waals surface area contributed by atoms with Crippen molar-refractivity contribution in [3.63, 3.8) is 0 Å². The Morgan fingerprint density at radius 1 is 1.21 bits per heavy atom. The minimum Gasteiger partial charge on any atom is -0.480 e. The third-order valence-corrected chi connectivity index (χ3v) is 3.82. The summed E-state index contributed by atoms with van der Waals surface area (Å²) >= 11 is 0. The maximum absolute atomic E-state index is 12.6. The van der Waals surface area contributed by atoms with Gasteiger partial charge >= 0.3 is 5.97 Å². The first kappa shape index (κ1) is 13.6. The zero-order chi connectivity index (χ0) is 14.2. The number of carboxylic acid groups (broad SMARTS) is 1. The fourth-order valence-electron chi connectivity index (χ4n) is 2.68. The predicted molar refractivity (Wildman–Crippen MR) is 69.2 cm³/mol. The van der Waals surface area contributed by atoms with E-state index in [4.69, 9.17) is 4.42 Å². The van der Waals surface area contributed by atoms with Crippen LogP contribution in [0.2, 0.25) is 0 Å². The van der Waals surface area contributed by atoms with Gasteiger partial charge in [0.2, 0.25) is 0 Å². The van der Waals surface area contributed by atoms with Crippen molar-refractivity contribution < 1.29 is 19.1 Å². The van der Waals surface area contributed by atoms with Gasteiger partial charge in [-0.3, -0.25) is 4.79 Å². The Balaban J connectivity index is 2.34. The number of furan rings is 1. The fraction of sp³-hybridized carbons (Fsp3) is 0.571. The molecule has 0 aromatic carbocycles. The van der Waals surface area contributed by atoms with Crippen LogP contribution >= 0.6 is 0 Å². The van der Waals surface area contributed by atoms with E-state index in [1.54, 1.807) is 6.92 Å². The van der Waals surface area contributed by atoms with Gasteiger partial charge in [0.1, 0.15) is 17.6 Å². The molecule has 0 spiro atoms. The van der Waals surface area contributed by atoms with E-state index in [2.05, 4.69) is 0 Å². The van der Waals surface area contributed by atoms with Crippen LogP contribution in [0, 0.1) is 20.8 Å². The number of likely N-dealkylation sites (tertiary alicyclic amines) is 1. The average molecular weight is 265 g/mol. The number of hydrogen-bond acceptors (Lipinski definition) is 3. The summed E-state index contributed by atoms with van der Waals surface area (Å²) in [6, 6.07) is -0.713. The lowest BCUT2D eigenvalue weighted by molar-refractivity contribution is -0.143. The van der Waals surface area contributed by atoms with E-state index in [1.807, 2.05) is 13.8 Å². The van der Waals surface area contributed by atoms with Crippen molar-refractivity contribution in [3.05, 3.63) is 22.6 Å². The number of carboxylic acids is 1. The lowest BCUT2D eigenvalue weighted by Gasteiger charge is -2.33. The highest BCUT2D eigenvalue weighted by atomic mass is 16.4. The summed E-state index contributed by atoms with van der Waals surface area (Å²) in [7, 11) is 0. The molecule has 1 fully saturated rings. The second kappa shape index (κ2) is 5.07. The number of nitrogens with zero attached hydrogens (tertiary/aromatic N) is 1. The van der Waals surface area contributed by atoms with E-state index < -0.39 is 12.0 Å². The molecule has 5 heteroatoms. The molecule has 1 saturated heterocycles. The molecule has 1 aromatic rings. The zero-order valence-corrected chi connectivity index (χ0v) is 11.5. The minimum atomic E-state index is -0.927. The van der Waals surface area contributed by atoms with Crippen molar-refractivity contribution in [2.24, 2.45) is 0 Å². The first-order chi connectivity index (χ1) is 8.93. The number of aryl methyl sites for hydroxylation is 2. The van der Waals surface area contributed by atoms with Crippen molar-refractivity contribution in [1.29, 1.82) is 0 Å². The maximum atomic E-state index is 12.6. The quantitative estimate of drug-likeness (QED) is 0.890. The molecule has 104 valence electrons. The topological polar surface area (TPSA) is 70.8 Å². The number of aliphatic carboxylic acids is 1. The van der Waals surface area contributed by atoms with Crippen molar-refractivity contribution >= 4 is 11.9 Å². The van der Waals surface area contributed by atoms with Gasteiger partial charge < -0.3 is 14.4 Å². The highest BCUT2D eigenvalue weighted by Gasteiger charge is 2.34. The van der Waals surface area contributed by atoms with Crippen LogP contribution in [-0.4, -0.2) is 34.5 Å². The van der Waals surface area contributed by atoms with E-state index in [1.165, 1.54) is 4.90 Å². The first-order valence-electron chi connectivity index (χ1n) is 6.54. The number of hydrogen-bond donors (Lipinski definition) is 1. The Kier molecular flexibility index (Phi) is 3.64. The Bertz CT molecular complexity index is 518. The van der Waals surface area contributed by atoms with Crippen LogP contribution in [0.5, 0.6) is 0 Å². The maximum Gasteiger partial charge on any atom is 0.326 e. The SMILES string of the molecule is Cc1oc(C)c(C(=O)N2CCCC[C@H]2C(=O)O)c1C. The number of piperidine rings is 1. The van der Waals surface area contributed by atoms with Gasteiger partial charge in [-0.05, 0) is 40.0 Å². The van der Waals surface area contributed by atoms with Crippen LogP contribution in [0.1, 0.15) is 46.7 Å². The molecule has 1 aliphatic rings. The average Bonchev–Trinajstić information content (AvgIpc) is 2.62. The molecule has 1 N–H and O–H groups in total. The van der Waals surface area contributed by atoms with Crippen LogP contribution in [0.3, 0.4) is 0 Å². The van der Waals surface area contributed by atoms with Gasteiger partial charge in [0, 0.05) is 12.1 Å². The monoisotopic (exact) mass is 265 g/mol. The smallest absolute Gasteiger partial charge is 0.326 e. The van der Waals surface area contributed by atoms with E-state index >= 15 is 0 Å². The molecule has 0 aliphatic carbocycles. The van der Waals surface area contributed by atoms with Gasteiger partial charge in [-0.2, -0.15) is 0 Å². The lowest BCUT2D eigenvalue weighted by atomic mass is 10.00. The van der Waals surface area contributed by atoms with E-state index in [0.717, 1.165) is 18.4 Å². The minimum absolute atomic E-state index is 0.223. The standard InChI is InChI=1S/C14H19NO4/c1-8-9(2)19-10(3)12(8)13(16)15-7-5-4-6-11(15)14(17)18/h11H,4-7H2,1-3H3,(H,17,18)/t11-/m0/s1. The Hall–Kier alpha value is -1.78. The Morgan fingerprint density at radius 3 is 2.42 bits per heavy atom. The molecule has 0 radical (unpaired) electrons. The van der Waals surface area contributed by atoms with E-state index in [9.17, 15) is 14.7 Å². The predicted octanol–water partition coefficient (Wildman–Crippen LogP) is 2.28. The van der Waals surface area contributed by atoms with Crippen molar-refractivity contribution in [2.45, 2.75) is 46.1 Å². The molecule has 0 saturated carbocycles. The summed E-state index contributed by atoms with van der Waals surface area (Å²) < 4.78 is 5.46. The highest BCUT2D eigenvalue weighted by molar-refractivity contribution is 5.99. The molecule has 0 unspecified atom stereocenters. The summed E-state index contributed by atoms with van der Waals surface area (Å²) in [5, 5.41) is 9.23. The van der Waals surface area contributed by atoms with Crippen LogP contribution in [0.25, 0.3) is 0 Å². The highest BCUT2D eigenvalue weighted by Crippen LogP contribution is 2.26. The van der Waals surface area contributed by atoms with Gasteiger partial charge in [-0.1, -0.05) is 0 Å². The second-order valence-corrected chi connectivity index (χ2v) is 5.06. The number of carbonyl (C=O) groups excluding carboxylic acids is 1. The number of rotatable bonds is 2. The Morgan fingerprint density at radius 2 is 1.89 bits per heavy atom. The van der Waals surface area contributed by atoms with Gasteiger partial charge in [0.25, 0.3) is 5.91 Å². The van der Waals surface area contributed by atoms with Crippen molar-refractivity contribution in [2.75, 3.05) is 6.54 Å². The third kappa shape index (κ3) is 2.37. The molecule has 2 rings (SSSR count). The van der Waals surface area contributed by atoms with Gasteiger partial charge in [-0.15, -0.1) is 0 Å². The van der Waals surface area contributed by atoms with Crippen LogP contribution < -0.4 is 0 Å². The molecule has 1 atom stereocenters.